The third-order valence-corrected chi connectivity index (χ3v) is 2.20. The summed E-state index contributed by atoms with van der Waals surface area (Å²) in [5.74, 6) is -0.384. The van der Waals surface area contributed by atoms with Gasteiger partial charge in [0.25, 0.3) is 0 Å². The van der Waals surface area contributed by atoms with Crippen molar-refractivity contribution in [2.24, 2.45) is 0 Å². The first-order chi connectivity index (χ1) is 8.02. The third kappa shape index (κ3) is 4.36. The predicted octanol–water partition coefficient (Wildman–Crippen LogP) is 2.80. The summed E-state index contributed by atoms with van der Waals surface area (Å²) >= 11 is 5.78. The van der Waals surface area contributed by atoms with E-state index < -0.39 is 0 Å². The van der Waals surface area contributed by atoms with Crippen LogP contribution in [0.1, 0.15) is 13.8 Å². The Hall–Kier alpha value is -1.68. The van der Waals surface area contributed by atoms with Crippen molar-refractivity contribution in [1.29, 1.82) is 0 Å². The number of nitrogen functional groups attached to an aromatic ring is 1. The summed E-state index contributed by atoms with van der Waals surface area (Å²) in [5, 5.41) is 3.57. The van der Waals surface area contributed by atoms with Crippen LogP contribution in [0.3, 0.4) is 0 Å². The Morgan fingerprint density at radius 1 is 1.59 bits per heavy atom. The van der Waals surface area contributed by atoms with Gasteiger partial charge in [-0.25, -0.2) is 4.79 Å². The van der Waals surface area contributed by atoms with Gasteiger partial charge in [0.2, 0.25) is 0 Å². The van der Waals surface area contributed by atoms with Gasteiger partial charge in [0.05, 0.1) is 18.0 Å². The Morgan fingerprint density at radius 3 is 2.88 bits per heavy atom. The molecule has 0 aliphatic carbocycles. The summed E-state index contributed by atoms with van der Waals surface area (Å²) < 4.78 is 4.79. The number of carbonyl (C=O) groups is 1. The van der Waals surface area contributed by atoms with Crippen LogP contribution in [0.15, 0.2) is 30.0 Å². The van der Waals surface area contributed by atoms with Gasteiger partial charge in [-0.05, 0) is 32.0 Å². The van der Waals surface area contributed by atoms with Crippen LogP contribution in [-0.2, 0) is 9.53 Å². The highest BCUT2D eigenvalue weighted by Gasteiger charge is 2.02. The van der Waals surface area contributed by atoms with Crippen LogP contribution in [0, 0.1) is 0 Å². The first kappa shape index (κ1) is 13.4. The van der Waals surface area contributed by atoms with Gasteiger partial charge >= 0.3 is 5.97 Å². The van der Waals surface area contributed by atoms with Gasteiger partial charge in [0.15, 0.2) is 0 Å². The van der Waals surface area contributed by atoms with Crippen molar-refractivity contribution in [3.63, 3.8) is 0 Å². The molecule has 0 fully saturated rings. The maximum absolute atomic E-state index is 11.2. The number of rotatable bonds is 4. The van der Waals surface area contributed by atoms with E-state index in [1.165, 1.54) is 6.08 Å². The van der Waals surface area contributed by atoms with Crippen molar-refractivity contribution in [2.75, 3.05) is 17.7 Å². The van der Waals surface area contributed by atoms with Crippen molar-refractivity contribution in [2.45, 2.75) is 13.8 Å². The number of benzene rings is 1. The first-order valence-electron chi connectivity index (χ1n) is 5.20. The lowest BCUT2D eigenvalue weighted by Gasteiger charge is -2.09. The number of allylic oxidation sites excluding steroid dienone is 1. The zero-order valence-electron chi connectivity index (χ0n) is 9.79. The van der Waals surface area contributed by atoms with Crippen molar-refractivity contribution < 1.29 is 9.53 Å². The summed E-state index contributed by atoms with van der Waals surface area (Å²) in [6.07, 6.45) is 1.37. The number of hydrogen-bond acceptors (Lipinski definition) is 4. The van der Waals surface area contributed by atoms with Crippen molar-refractivity contribution in [1.82, 2.24) is 0 Å². The molecule has 0 aliphatic heterocycles. The molecular weight excluding hydrogens is 240 g/mol. The molecule has 0 spiro atoms. The Bertz CT molecular complexity index is 444. The average Bonchev–Trinajstić information content (AvgIpc) is 2.22. The van der Waals surface area contributed by atoms with E-state index in [4.69, 9.17) is 22.1 Å². The van der Waals surface area contributed by atoms with Gasteiger partial charge in [0, 0.05) is 16.8 Å². The van der Waals surface area contributed by atoms with E-state index in [0.29, 0.717) is 28.7 Å². The molecule has 0 aliphatic rings. The van der Waals surface area contributed by atoms with Crippen LogP contribution >= 0.6 is 11.6 Å². The largest absolute Gasteiger partial charge is 0.463 e. The minimum Gasteiger partial charge on any atom is -0.463 e. The number of nitrogens with two attached hydrogens (primary N) is 1. The Kier molecular flexibility index (Phi) is 4.84. The van der Waals surface area contributed by atoms with Crippen molar-refractivity contribution in [3.05, 3.63) is 35.0 Å². The predicted molar refractivity (Wildman–Crippen MR) is 69.9 cm³/mol. The highest BCUT2D eigenvalue weighted by Crippen LogP contribution is 2.23. The van der Waals surface area contributed by atoms with Crippen LogP contribution in [0.5, 0.6) is 0 Å². The van der Waals surface area contributed by atoms with Crippen molar-refractivity contribution >= 4 is 28.9 Å². The molecule has 0 heterocycles. The second-order valence-corrected chi connectivity index (χ2v) is 3.87. The van der Waals surface area contributed by atoms with Crippen LogP contribution < -0.4 is 11.1 Å². The van der Waals surface area contributed by atoms with E-state index in [0.717, 1.165) is 0 Å². The van der Waals surface area contributed by atoms with E-state index in [2.05, 4.69) is 5.32 Å². The fraction of sp³-hybridized carbons (Fsp3) is 0.250. The molecule has 1 rings (SSSR count). The highest BCUT2D eigenvalue weighted by atomic mass is 35.5. The summed E-state index contributed by atoms with van der Waals surface area (Å²) in [5.41, 5.74) is 7.64. The molecule has 4 nitrogen and oxygen atoms in total. The van der Waals surface area contributed by atoms with E-state index in [1.807, 2.05) is 0 Å². The number of hydrogen-bond donors (Lipinski definition) is 2. The first-order valence-corrected chi connectivity index (χ1v) is 5.58. The number of carbonyl (C=O) groups excluding carboxylic acids is 1. The second-order valence-electron chi connectivity index (χ2n) is 3.44. The maximum Gasteiger partial charge on any atom is 0.332 e. The summed E-state index contributed by atoms with van der Waals surface area (Å²) in [6, 6.07) is 5.11. The monoisotopic (exact) mass is 254 g/mol. The molecule has 0 saturated heterocycles. The quantitative estimate of drug-likeness (QED) is 0.493. The topological polar surface area (TPSA) is 64.3 Å². The van der Waals surface area contributed by atoms with E-state index in [-0.39, 0.29) is 5.97 Å². The smallest absolute Gasteiger partial charge is 0.332 e. The molecule has 1 aromatic carbocycles. The maximum atomic E-state index is 11.2. The van der Waals surface area contributed by atoms with Gasteiger partial charge in [-0.3, -0.25) is 0 Å². The number of anilines is 2. The Balaban J connectivity index is 2.74. The number of esters is 1. The normalized spacial score (nSPS) is 11.1. The zero-order chi connectivity index (χ0) is 12.8. The number of halogens is 1. The lowest BCUT2D eigenvalue weighted by atomic mass is 10.2. The van der Waals surface area contributed by atoms with Crippen molar-refractivity contribution in [3.8, 4) is 0 Å². The molecule has 1 aromatic rings. The SMILES string of the molecule is CCOC(=O)/C=C(\C)Nc1ccc(Cl)cc1N. The molecule has 0 saturated carbocycles. The average molecular weight is 255 g/mol. The Labute approximate surface area is 105 Å². The second kappa shape index (κ2) is 6.15. The van der Waals surface area contributed by atoms with Gasteiger partial charge in [0.1, 0.15) is 0 Å². The minimum absolute atomic E-state index is 0.353. The third-order valence-electron chi connectivity index (χ3n) is 1.97. The van der Waals surface area contributed by atoms with Crippen LogP contribution in [0.25, 0.3) is 0 Å². The highest BCUT2D eigenvalue weighted by molar-refractivity contribution is 6.31. The molecule has 5 heteroatoms. The molecule has 0 atom stereocenters. The molecule has 0 radical (unpaired) electrons. The Morgan fingerprint density at radius 2 is 2.29 bits per heavy atom. The molecule has 0 aromatic heterocycles. The molecule has 0 unspecified atom stereocenters. The van der Waals surface area contributed by atoms with E-state index in [9.17, 15) is 4.79 Å². The lowest BCUT2D eigenvalue weighted by molar-refractivity contribution is -0.137. The fourth-order valence-corrected chi connectivity index (χ4v) is 1.44. The van der Waals surface area contributed by atoms with Crippen LogP contribution in [-0.4, -0.2) is 12.6 Å². The van der Waals surface area contributed by atoms with Crippen LogP contribution in [0.2, 0.25) is 5.02 Å². The van der Waals surface area contributed by atoms with Gasteiger partial charge in [-0.15, -0.1) is 0 Å². The number of nitrogens with one attached hydrogen (secondary N) is 1. The van der Waals surface area contributed by atoms with E-state index >= 15 is 0 Å². The molecular formula is C12H15ClN2O2. The number of ether oxygens (including phenoxy) is 1. The molecule has 0 amide bonds. The zero-order valence-corrected chi connectivity index (χ0v) is 10.5. The molecule has 3 N–H and O–H groups in total. The summed E-state index contributed by atoms with van der Waals surface area (Å²) in [7, 11) is 0. The van der Waals surface area contributed by atoms with Gasteiger partial charge in [-0.1, -0.05) is 11.6 Å². The van der Waals surface area contributed by atoms with Crippen LogP contribution in [0.4, 0.5) is 11.4 Å². The summed E-state index contributed by atoms with van der Waals surface area (Å²) in [6.45, 7) is 3.86. The van der Waals surface area contributed by atoms with E-state index in [1.54, 1.807) is 32.0 Å². The summed E-state index contributed by atoms with van der Waals surface area (Å²) in [4.78, 5) is 11.2. The molecule has 0 bridgehead atoms. The fourth-order valence-electron chi connectivity index (χ4n) is 1.26. The van der Waals surface area contributed by atoms with Gasteiger partial charge in [-0.2, -0.15) is 0 Å². The minimum atomic E-state index is -0.384. The molecule has 92 valence electrons. The van der Waals surface area contributed by atoms with Gasteiger partial charge < -0.3 is 15.8 Å². The lowest BCUT2D eigenvalue weighted by Crippen LogP contribution is -2.05. The molecule has 17 heavy (non-hydrogen) atoms. The standard InChI is InChI=1S/C12H15ClN2O2/c1-3-17-12(16)6-8(2)15-11-5-4-9(13)7-10(11)14/h4-7,15H,3,14H2,1-2H3/b8-6+.